The predicted octanol–water partition coefficient (Wildman–Crippen LogP) is 1.91. The van der Waals surface area contributed by atoms with Crippen molar-refractivity contribution in [2.45, 2.75) is 0 Å². The van der Waals surface area contributed by atoms with Gasteiger partial charge in [-0.25, -0.2) is 8.78 Å². The summed E-state index contributed by atoms with van der Waals surface area (Å²) in [5, 5.41) is 8.47. The first kappa shape index (κ1) is 11.0. The van der Waals surface area contributed by atoms with Gasteiger partial charge in [0.1, 0.15) is 6.07 Å². The fourth-order valence-corrected chi connectivity index (χ4v) is 1.14. The zero-order valence-electron chi connectivity index (χ0n) is 8.09. The van der Waals surface area contributed by atoms with Gasteiger partial charge in [-0.15, -0.1) is 6.42 Å². The smallest absolute Gasteiger partial charge is 0.183 e. The summed E-state index contributed by atoms with van der Waals surface area (Å²) in [6.07, 6.45) is 5.05. The van der Waals surface area contributed by atoms with E-state index in [2.05, 4.69) is 5.92 Å². The molecule has 0 bridgehead atoms. The van der Waals surface area contributed by atoms with Crippen LogP contribution in [-0.2, 0) is 0 Å². The summed E-state index contributed by atoms with van der Waals surface area (Å²) < 4.78 is 26.6. The van der Waals surface area contributed by atoms with Crippen molar-refractivity contribution < 1.29 is 8.78 Å². The molecule has 0 spiro atoms. The summed E-state index contributed by atoms with van der Waals surface area (Å²) in [6.45, 7) is 0.169. The Hall–Kier alpha value is -2.07. The van der Waals surface area contributed by atoms with Gasteiger partial charge in [-0.2, -0.15) is 5.26 Å². The molecule has 0 aromatic heterocycles. The summed E-state index contributed by atoms with van der Waals surface area (Å²) in [5.74, 6) is 0.124. The Bertz CT molecular complexity index is 455. The third-order valence-corrected chi connectivity index (χ3v) is 1.92. The van der Waals surface area contributed by atoms with Gasteiger partial charge in [-0.05, 0) is 12.1 Å². The van der Waals surface area contributed by atoms with E-state index in [4.69, 9.17) is 11.7 Å². The number of terminal acetylenes is 1. The molecule has 76 valence electrons. The molecule has 0 aliphatic rings. The Kier molecular flexibility index (Phi) is 3.25. The number of rotatable bonds is 2. The fourth-order valence-electron chi connectivity index (χ4n) is 1.14. The Morgan fingerprint density at radius 3 is 2.60 bits per heavy atom. The van der Waals surface area contributed by atoms with E-state index in [0.29, 0.717) is 0 Å². The van der Waals surface area contributed by atoms with E-state index < -0.39 is 11.6 Å². The standard InChI is InChI=1S/C11H8F2N2/c1-3-6-15(2)9-5-4-8(7-14)10(12)11(9)13/h1,4-5H,6H2,2H3. The lowest BCUT2D eigenvalue weighted by Gasteiger charge is -2.17. The number of hydrogen-bond donors (Lipinski definition) is 0. The molecule has 0 unspecified atom stereocenters. The molecule has 0 aliphatic carbocycles. The van der Waals surface area contributed by atoms with Crippen molar-refractivity contribution in [3.63, 3.8) is 0 Å². The van der Waals surface area contributed by atoms with E-state index in [-0.39, 0.29) is 17.8 Å². The third kappa shape index (κ3) is 2.05. The largest absolute Gasteiger partial charge is 0.361 e. The highest BCUT2D eigenvalue weighted by Crippen LogP contribution is 2.22. The van der Waals surface area contributed by atoms with Crippen LogP contribution in [0.4, 0.5) is 14.5 Å². The highest BCUT2D eigenvalue weighted by Gasteiger charge is 2.15. The lowest BCUT2D eigenvalue weighted by atomic mass is 10.2. The molecule has 0 aliphatic heterocycles. The number of nitrogens with zero attached hydrogens (tertiary/aromatic N) is 2. The molecule has 0 fully saturated rings. The molecule has 2 nitrogen and oxygen atoms in total. The average molecular weight is 206 g/mol. The minimum Gasteiger partial charge on any atom is -0.361 e. The van der Waals surface area contributed by atoms with Gasteiger partial charge in [-0.3, -0.25) is 0 Å². The lowest BCUT2D eigenvalue weighted by molar-refractivity contribution is 0.506. The first-order valence-electron chi connectivity index (χ1n) is 4.14. The molecule has 1 aromatic carbocycles. The van der Waals surface area contributed by atoms with Gasteiger partial charge in [-0.1, -0.05) is 5.92 Å². The molecule has 0 N–H and O–H groups in total. The number of halogens is 2. The summed E-state index contributed by atoms with van der Waals surface area (Å²) in [7, 11) is 1.55. The van der Waals surface area contributed by atoms with Crippen LogP contribution >= 0.6 is 0 Å². The quantitative estimate of drug-likeness (QED) is 0.691. The van der Waals surface area contributed by atoms with Gasteiger partial charge in [0.2, 0.25) is 0 Å². The van der Waals surface area contributed by atoms with E-state index in [9.17, 15) is 8.78 Å². The molecule has 0 atom stereocenters. The zero-order chi connectivity index (χ0) is 11.4. The van der Waals surface area contributed by atoms with Crippen molar-refractivity contribution in [2.75, 3.05) is 18.5 Å². The minimum atomic E-state index is -1.14. The summed E-state index contributed by atoms with van der Waals surface area (Å²) >= 11 is 0. The van der Waals surface area contributed by atoms with Crippen molar-refractivity contribution in [2.24, 2.45) is 0 Å². The van der Waals surface area contributed by atoms with Crippen molar-refractivity contribution in [1.82, 2.24) is 0 Å². The maximum atomic E-state index is 13.4. The second-order valence-corrected chi connectivity index (χ2v) is 2.93. The van der Waals surface area contributed by atoms with Crippen LogP contribution in [0, 0.1) is 35.3 Å². The third-order valence-electron chi connectivity index (χ3n) is 1.92. The monoisotopic (exact) mass is 206 g/mol. The van der Waals surface area contributed by atoms with E-state index in [1.807, 2.05) is 0 Å². The first-order valence-corrected chi connectivity index (χ1v) is 4.14. The molecule has 1 aromatic rings. The second kappa shape index (κ2) is 4.43. The van der Waals surface area contributed by atoms with Crippen LogP contribution in [0.1, 0.15) is 5.56 Å². The van der Waals surface area contributed by atoms with Crippen molar-refractivity contribution in [3.05, 3.63) is 29.3 Å². The fraction of sp³-hybridized carbons (Fsp3) is 0.182. The van der Waals surface area contributed by atoms with Gasteiger partial charge < -0.3 is 4.90 Å². The Morgan fingerprint density at radius 2 is 2.07 bits per heavy atom. The highest BCUT2D eigenvalue weighted by atomic mass is 19.2. The van der Waals surface area contributed by atoms with Gasteiger partial charge in [0.25, 0.3) is 0 Å². The van der Waals surface area contributed by atoms with Crippen LogP contribution in [0.3, 0.4) is 0 Å². The van der Waals surface area contributed by atoms with Crippen LogP contribution in [0.15, 0.2) is 12.1 Å². The molecule has 0 saturated heterocycles. The average Bonchev–Trinajstić information content (AvgIpc) is 2.22. The molecule has 1 rings (SSSR count). The van der Waals surface area contributed by atoms with Gasteiger partial charge in [0.05, 0.1) is 17.8 Å². The Morgan fingerprint density at radius 1 is 1.40 bits per heavy atom. The minimum absolute atomic E-state index is 0.0458. The number of hydrogen-bond acceptors (Lipinski definition) is 2. The van der Waals surface area contributed by atoms with Crippen LogP contribution in [0.25, 0.3) is 0 Å². The number of benzene rings is 1. The van der Waals surface area contributed by atoms with Gasteiger partial charge in [0.15, 0.2) is 11.6 Å². The molecule has 0 radical (unpaired) electrons. The lowest BCUT2D eigenvalue weighted by Crippen LogP contribution is -2.19. The van der Waals surface area contributed by atoms with Gasteiger partial charge in [0, 0.05) is 7.05 Å². The van der Waals surface area contributed by atoms with Gasteiger partial charge >= 0.3 is 0 Å². The molecule has 0 heterocycles. The Labute approximate surface area is 86.7 Å². The van der Waals surface area contributed by atoms with Crippen molar-refractivity contribution in [1.29, 1.82) is 5.26 Å². The van der Waals surface area contributed by atoms with E-state index >= 15 is 0 Å². The Balaban J connectivity index is 3.20. The zero-order valence-corrected chi connectivity index (χ0v) is 8.09. The second-order valence-electron chi connectivity index (χ2n) is 2.93. The maximum absolute atomic E-state index is 13.4. The van der Waals surface area contributed by atoms with Crippen LogP contribution in [0.5, 0.6) is 0 Å². The first-order chi connectivity index (χ1) is 7.11. The van der Waals surface area contributed by atoms with Crippen LogP contribution < -0.4 is 4.90 Å². The maximum Gasteiger partial charge on any atom is 0.183 e. The normalized spacial score (nSPS) is 9.13. The summed E-state index contributed by atoms with van der Waals surface area (Å²) in [4.78, 5) is 1.39. The van der Waals surface area contributed by atoms with Crippen LogP contribution in [-0.4, -0.2) is 13.6 Å². The summed E-state index contributed by atoms with van der Waals surface area (Å²) in [6, 6.07) is 4.11. The number of nitriles is 1. The van der Waals surface area contributed by atoms with Crippen LogP contribution in [0.2, 0.25) is 0 Å². The van der Waals surface area contributed by atoms with E-state index in [1.165, 1.54) is 17.0 Å². The molecule has 0 amide bonds. The predicted molar refractivity (Wildman–Crippen MR) is 53.2 cm³/mol. The topological polar surface area (TPSA) is 27.0 Å². The van der Waals surface area contributed by atoms with Crippen molar-refractivity contribution in [3.8, 4) is 18.4 Å². The SMILES string of the molecule is C#CCN(C)c1ccc(C#N)c(F)c1F. The molecule has 4 heteroatoms. The summed E-state index contributed by atoms with van der Waals surface area (Å²) in [5.41, 5.74) is -0.269. The molecular formula is C11H8F2N2. The van der Waals surface area contributed by atoms with E-state index in [1.54, 1.807) is 13.1 Å². The van der Waals surface area contributed by atoms with Crippen molar-refractivity contribution >= 4 is 5.69 Å². The van der Waals surface area contributed by atoms with E-state index in [0.717, 1.165) is 0 Å². The molecule has 15 heavy (non-hydrogen) atoms. The molecular weight excluding hydrogens is 198 g/mol. The highest BCUT2D eigenvalue weighted by molar-refractivity contribution is 5.52. The molecule has 0 saturated carbocycles. The number of anilines is 1.